The van der Waals surface area contributed by atoms with Gasteiger partial charge in [0.1, 0.15) is 0 Å². The van der Waals surface area contributed by atoms with E-state index < -0.39 is 11.0 Å². The summed E-state index contributed by atoms with van der Waals surface area (Å²) < 4.78 is 10.2. The normalized spacial score (nSPS) is 11.2. The molecule has 0 saturated carbocycles. The first-order chi connectivity index (χ1) is 9.04. The number of hydrogen-bond acceptors (Lipinski definition) is 5. The maximum Gasteiger partial charge on any atom is 0.278 e. The van der Waals surface area contributed by atoms with Crippen LogP contribution in [0.5, 0.6) is 11.5 Å². The highest BCUT2D eigenvalue weighted by Gasteiger charge is 2.23. The number of benzene rings is 1. The molecule has 1 rings (SSSR count). The van der Waals surface area contributed by atoms with Crippen molar-refractivity contribution in [3.63, 3.8) is 0 Å². The van der Waals surface area contributed by atoms with E-state index in [-0.39, 0.29) is 18.1 Å². The van der Waals surface area contributed by atoms with Gasteiger partial charge in [-0.1, -0.05) is 6.08 Å². The Morgan fingerprint density at radius 3 is 2.40 bits per heavy atom. The number of methoxy groups -OCH3 is 2. The third-order valence-corrected chi connectivity index (χ3v) is 2.81. The molecule has 0 aliphatic carbocycles. The summed E-state index contributed by atoms with van der Waals surface area (Å²) in [5.41, 5.74) is 6.36. The van der Waals surface area contributed by atoms with Gasteiger partial charge in [0.25, 0.3) is 5.69 Å². The SMILES string of the molecule is C=CCC[C@H](N)c1cc(OC)c(OC)cc1[N+](=O)[O-].Cl. The zero-order valence-corrected chi connectivity index (χ0v) is 12.3. The van der Waals surface area contributed by atoms with Crippen LogP contribution in [-0.2, 0) is 0 Å². The summed E-state index contributed by atoms with van der Waals surface area (Å²) in [7, 11) is 2.90. The summed E-state index contributed by atoms with van der Waals surface area (Å²) in [6.45, 7) is 3.61. The van der Waals surface area contributed by atoms with Gasteiger partial charge in [-0.3, -0.25) is 10.1 Å². The molecule has 0 radical (unpaired) electrons. The molecule has 0 heterocycles. The fourth-order valence-electron chi connectivity index (χ4n) is 1.79. The van der Waals surface area contributed by atoms with E-state index in [2.05, 4.69) is 6.58 Å². The zero-order chi connectivity index (χ0) is 14.4. The summed E-state index contributed by atoms with van der Waals surface area (Å²) in [6, 6.07) is 2.45. The van der Waals surface area contributed by atoms with Gasteiger partial charge in [-0.15, -0.1) is 19.0 Å². The van der Waals surface area contributed by atoms with E-state index in [4.69, 9.17) is 15.2 Å². The Hall–Kier alpha value is -1.79. The number of nitro groups is 1. The molecular formula is C13H19ClN2O4. The van der Waals surface area contributed by atoms with Gasteiger partial charge in [-0.25, -0.2) is 0 Å². The van der Waals surface area contributed by atoms with Gasteiger partial charge < -0.3 is 15.2 Å². The predicted molar refractivity (Wildman–Crippen MR) is 79.8 cm³/mol. The van der Waals surface area contributed by atoms with Crippen molar-refractivity contribution in [1.29, 1.82) is 0 Å². The molecule has 0 fully saturated rings. The van der Waals surface area contributed by atoms with Crippen molar-refractivity contribution in [3.8, 4) is 11.5 Å². The Bertz CT molecular complexity index is 480. The number of ether oxygens (including phenoxy) is 2. The first kappa shape index (κ1) is 18.2. The van der Waals surface area contributed by atoms with Gasteiger partial charge in [0.2, 0.25) is 0 Å². The predicted octanol–water partition coefficient (Wildman–Crippen LogP) is 3.00. The fourth-order valence-corrected chi connectivity index (χ4v) is 1.79. The maximum absolute atomic E-state index is 11.1. The minimum Gasteiger partial charge on any atom is -0.493 e. The van der Waals surface area contributed by atoms with Gasteiger partial charge in [-0.2, -0.15) is 0 Å². The summed E-state index contributed by atoms with van der Waals surface area (Å²) in [5.74, 6) is 0.742. The third-order valence-electron chi connectivity index (χ3n) is 2.81. The Morgan fingerprint density at radius 1 is 1.40 bits per heavy atom. The van der Waals surface area contributed by atoms with Crippen molar-refractivity contribution < 1.29 is 14.4 Å². The van der Waals surface area contributed by atoms with E-state index in [0.29, 0.717) is 29.9 Å². The smallest absolute Gasteiger partial charge is 0.278 e. The summed E-state index contributed by atoms with van der Waals surface area (Å²) in [4.78, 5) is 10.6. The lowest BCUT2D eigenvalue weighted by Gasteiger charge is -2.14. The first-order valence-electron chi connectivity index (χ1n) is 5.81. The van der Waals surface area contributed by atoms with Crippen LogP contribution in [0.2, 0.25) is 0 Å². The molecule has 0 saturated heterocycles. The average Bonchev–Trinajstić information content (AvgIpc) is 2.42. The number of allylic oxidation sites excluding steroid dienone is 1. The lowest BCUT2D eigenvalue weighted by Crippen LogP contribution is -2.12. The molecule has 0 aromatic heterocycles. The number of nitrogens with two attached hydrogens (primary N) is 1. The largest absolute Gasteiger partial charge is 0.493 e. The highest BCUT2D eigenvalue weighted by molar-refractivity contribution is 5.85. The lowest BCUT2D eigenvalue weighted by atomic mass is 10.0. The van der Waals surface area contributed by atoms with Crippen LogP contribution in [0.4, 0.5) is 5.69 Å². The fraction of sp³-hybridized carbons (Fsp3) is 0.385. The van der Waals surface area contributed by atoms with Crippen molar-refractivity contribution in [2.75, 3.05) is 14.2 Å². The second-order valence-electron chi connectivity index (χ2n) is 4.00. The zero-order valence-electron chi connectivity index (χ0n) is 11.5. The van der Waals surface area contributed by atoms with Crippen LogP contribution in [0.1, 0.15) is 24.4 Å². The molecule has 112 valence electrons. The Morgan fingerprint density at radius 2 is 1.95 bits per heavy atom. The van der Waals surface area contributed by atoms with Gasteiger partial charge in [0.15, 0.2) is 11.5 Å². The molecule has 1 aromatic carbocycles. The highest BCUT2D eigenvalue weighted by atomic mass is 35.5. The topological polar surface area (TPSA) is 87.6 Å². The van der Waals surface area contributed by atoms with E-state index in [1.54, 1.807) is 12.1 Å². The van der Waals surface area contributed by atoms with Crippen LogP contribution in [0, 0.1) is 10.1 Å². The second-order valence-corrected chi connectivity index (χ2v) is 4.00. The van der Waals surface area contributed by atoms with Crippen molar-refractivity contribution in [3.05, 3.63) is 40.5 Å². The van der Waals surface area contributed by atoms with Crippen molar-refractivity contribution in [1.82, 2.24) is 0 Å². The van der Waals surface area contributed by atoms with E-state index in [9.17, 15) is 10.1 Å². The molecular weight excluding hydrogens is 284 g/mol. The van der Waals surface area contributed by atoms with Crippen LogP contribution in [-0.4, -0.2) is 19.1 Å². The van der Waals surface area contributed by atoms with Crippen LogP contribution >= 0.6 is 12.4 Å². The molecule has 1 atom stereocenters. The van der Waals surface area contributed by atoms with E-state index in [1.807, 2.05) is 0 Å². The van der Waals surface area contributed by atoms with E-state index in [0.717, 1.165) is 0 Å². The molecule has 0 bridgehead atoms. The number of hydrogen-bond donors (Lipinski definition) is 1. The van der Waals surface area contributed by atoms with Gasteiger partial charge in [0, 0.05) is 6.04 Å². The molecule has 1 aromatic rings. The summed E-state index contributed by atoms with van der Waals surface area (Å²) >= 11 is 0. The molecule has 0 aliphatic heterocycles. The minimum absolute atomic E-state index is 0. The van der Waals surface area contributed by atoms with Crippen LogP contribution in [0.3, 0.4) is 0 Å². The molecule has 7 heteroatoms. The Kier molecular flexibility index (Phi) is 7.64. The van der Waals surface area contributed by atoms with Crippen molar-refractivity contribution in [2.45, 2.75) is 18.9 Å². The molecule has 20 heavy (non-hydrogen) atoms. The number of halogens is 1. The van der Waals surface area contributed by atoms with Gasteiger partial charge >= 0.3 is 0 Å². The van der Waals surface area contributed by atoms with E-state index >= 15 is 0 Å². The van der Waals surface area contributed by atoms with Crippen molar-refractivity contribution in [2.24, 2.45) is 5.73 Å². The number of nitro benzene ring substituents is 1. The highest BCUT2D eigenvalue weighted by Crippen LogP contribution is 2.37. The lowest BCUT2D eigenvalue weighted by molar-refractivity contribution is -0.385. The third kappa shape index (κ3) is 4.11. The Balaban J connectivity index is 0.00000361. The molecule has 0 spiro atoms. The second kappa shape index (κ2) is 8.39. The monoisotopic (exact) mass is 302 g/mol. The maximum atomic E-state index is 11.1. The average molecular weight is 303 g/mol. The standard InChI is InChI=1S/C13H18N2O4.ClH/c1-4-5-6-10(14)9-7-12(18-2)13(19-3)8-11(9)15(16)17;/h4,7-8,10H,1,5-6,14H2,2-3H3;1H/t10-;/m0./s1. The van der Waals surface area contributed by atoms with Gasteiger partial charge in [-0.05, 0) is 18.9 Å². The number of rotatable bonds is 7. The molecule has 0 unspecified atom stereocenters. The van der Waals surface area contributed by atoms with Crippen molar-refractivity contribution >= 4 is 18.1 Å². The minimum atomic E-state index is -0.467. The summed E-state index contributed by atoms with van der Waals surface area (Å²) in [6.07, 6.45) is 3.00. The van der Waals surface area contributed by atoms with Crippen LogP contribution < -0.4 is 15.2 Å². The quantitative estimate of drug-likeness (QED) is 0.475. The molecule has 0 amide bonds. The molecule has 0 aliphatic rings. The number of nitrogens with zero attached hydrogens (tertiary/aromatic N) is 1. The first-order valence-corrected chi connectivity index (χ1v) is 5.81. The van der Waals surface area contributed by atoms with Gasteiger partial charge in [0.05, 0.1) is 30.8 Å². The Labute approximate surface area is 124 Å². The van der Waals surface area contributed by atoms with Crippen LogP contribution in [0.25, 0.3) is 0 Å². The summed E-state index contributed by atoms with van der Waals surface area (Å²) in [5, 5.41) is 11.1. The van der Waals surface area contributed by atoms with E-state index in [1.165, 1.54) is 20.3 Å². The molecule has 2 N–H and O–H groups in total. The van der Waals surface area contributed by atoms with Crippen LogP contribution in [0.15, 0.2) is 24.8 Å². The molecule has 6 nitrogen and oxygen atoms in total.